The molecular formula is C25H18N2O. The van der Waals surface area contributed by atoms with Crippen molar-refractivity contribution in [1.29, 1.82) is 0 Å². The van der Waals surface area contributed by atoms with Crippen LogP contribution in [0.4, 0.5) is 0 Å². The summed E-state index contributed by atoms with van der Waals surface area (Å²) in [5.41, 5.74) is 3.62. The predicted molar refractivity (Wildman–Crippen MR) is 114 cm³/mol. The first-order valence-corrected chi connectivity index (χ1v) is 9.22. The molecule has 3 heteroatoms. The maximum absolute atomic E-state index is 5.75. The van der Waals surface area contributed by atoms with E-state index in [4.69, 9.17) is 9.72 Å². The molecule has 0 radical (unpaired) electrons. The van der Waals surface area contributed by atoms with E-state index in [1.807, 2.05) is 30.3 Å². The number of aromatic nitrogens is 2. The highest BCUT2D eigenvalue weighted by atomic mass is 16.5. The van der Waals surface area contributed by atoms with E-state index >= 15 is 0 Å². The van der Waals surface area contributed by atoms with Crippen LogP contribution in [-0.2, 0) is 0 Å². The van der Waals surface area contributed by atoms with Crippen LogP contribution in [0.3, 0.4) is 0 Å². The third kappa shape index (κ3) is 2.69. The highest BCUT2D eigenvalue weighted by molar-refractivity contribution is 6.07. The Kier molecular flexibility index (Phi) is 3.99. The third-order valence-corrected chi connectivity index (χ3v) is 5.02. The van der Waals surface area contributed by atoms with Gasteiger partial charge in [0.15, 0.2) is 0 Å². The van der Waals surface area contributed by atoms with Gasteiger partial charge in [-0.1, -0.05) is 60.7 Å². The molecule has 2 heterocycles. The molecule has 134 valence electrons. The maximum Gasteiger partial charge on any atom is 0.128 e. The van der Waals surface area contributed by atoms with Gasteiger partial charge in [0.05, 0.1) is 29.8 Å². The summed E-state index contributed by atoms with van der Waals surface area (Å²) >= 11 is 0. The van der Waals surface area contributed by atoms with Crippen LogP contribution in [0.15, 0.2) is 91.1 Å². The van der Waals surface area contributed by atoms with E-state index in [1.165, 1.54) is 0 Å². The number of pyridine rings is 2. The number of nitrogens with zero attached hydrogens (tertiary/aromatic N) is 2. The molecule has 0 aliphatic carbocycles. The lowest BCUT2D eigenvalue weighted by atomic mass is 9.96. The Balaban J connectivity index is 1.91. The van der Waals surface area contributed by atoms with Crippen LogP contribution in [0, 0.1) is 0 Å². The van der Waals surface area contributed by atoms with Gasteiger partial charge in [-0.15, -0.1) is 0 Å². The van der Waals surface area contributed by atoms with Gasteiger partial charge in [0.2, 0.25) is 0 Å². The lowest BCUT2D eigenvalue weighted by Crippen LogP contribution is -1.96. The van der Waals surface area contributed by atoms with Gasteiger partial charge in [-0.05, 0) is 40.4 Å². The van der Waals surface area contributed by atoms with Gasteiger partial charge in [-0.2, -0.15) is 0 Å². The highest BCUT2D eigenvalue weighted by Crippen LogP contribution is 2.40. The first-order valence-electron chi connectivity index (χ1n) is 9.22. The number of fused-ring (bicyclic) bond motifs is 2. The van der Waals surface area contributed by atoms with Crippen LogP contribution in [0.2, 0.25) is 0 Å². The molecule has 0 atom stereocenters. The average Bonchev–Trinajstić information content (AvgIpc) is 2.78. The van der Waals surface area contributed by atoms with Gasteiger partial charge in [0.1, 0.15) is 5.75 Å². The van der Waals surface area contributed by atoms with Crippen molar-refractivity contribution < 1.29 is 4.74 Å². The molecule has 2 aromatic heterocycles. The number of hydrogen-bond donors (Lipinski definition) is 0. The highest BCUT2D eigenvalue weighted by Gasteiger charge is 2.17. The van der Waals surface area contributed by atoms with Gasteiger partial charge < -0.3 is 4.74 Å². The van der Waals surface area contributed by atoms with Gasteiger partial charge >= 0.3 is 0 Å². The Morgan fingerprint density at radius 2 is 1.43 bits per heavy atom. The molecule has 0 spiro atoms. The SMILES string of the molecule is COc1ccc2ccccc2c1-c1nc(-c2ccccn2)cc2ccccc12. The molecule has 5 rings (SSSR count). The van der Waals surface area contributed by atoms with Crippen molar-refractivity contribution in [1.82, 2.24) is 9.97 Å². The smallest absolute Gasteiger partial charge is 0.128 e. The van der Waals surface area contributed by atoms with E-state index < -0.39 is 0 Å². The molecule has 0 unspecified atom stereocenters. The molecular weight excluding hydrogens is 344 g/mol. The largest absolute Gasteiger partial charge is 0.496 e. The van der Waals surface area contributed by atoms with Crippen LogP contribution >= 0.6 is 0 Å². The minimum Gasteiger partial charge on any atom is -0.496 e. The Morgan fingerprint density at radius 3 is 2.21 bits per heavy atom. The quantitative estimate of drug-likeness (QED) is 0.387. The van der Waals surface area contributed by atoms with Crippen LogP contribution in [0.1, 0.15) is 0 Å². The number of rotatable bonds is 3. The second kappa shape index (κ2) is 6.78. The van der Waals surface area contributed by atoms with Crippen molar-refractivity contribution in [2.75, 3.05) is 7.11 Å². The summed E-state index contributed by atoms with van der Waals surface area (Å²) in [5, 5.41) is 4.50. The van der Waals surface area contributed by atoms with Crippen molar-refractivity contribution in [3.8, 4) is 28.4 Å². The summed E-state index contributed by atoms with van der Waals surface area (Å²) in [7, 11) is 1.71. The number of benzene rings is 3. The molecule has 28 heavy (non-hydrogen) atoms. The second-order valence-electron chi connectivity index (χ2n) is 6.66. The fraction of sp³-hybridized carbons (Fsp3) is 0.0400. The molecule has 0 fully saturated rings. The van der Waals surface area contributed by atoms with Gasteiger partial charge in [0.25, 0.3) is 0 Å². The monoisotopic (exact) mass is 362 g/mol. The normalized spacial score (nSPS) is 11.0. The summed E-state index contributed by atoms with van der Waals surface area (Å²) < 4.78 is 5.75. The van der Waals surface area contributed by atoms with Crippen molar-refractivity contribution in [2.45, 2.75) is 0 Å². The van der Waals surface area contributed by atoms with Crippen molar-refractivity contribution in [2.24, 2.45) is 0 Å². The minimum absolute atomic E-state index is 0.814. The summed E-state index contributed by atoms with van der Waals surface area (Å²) in [6.45, 7) is 0. The number of hydrogen-bond acceptors (Lipinski definition) is 3. The molecule has 0 amide bonds. The molecule has 0 aliphatic rings. The van der Waals surface area contributed by atoms with Crippen molar-refractivity contribution in [3.05, 3.63) is 91.1 Å². The van der Waals surface area contributed by atoms with Gasteiger partial charge in [0, 0.05) is 11.6 Å². The fourth-order valence-electron chi connectivity index (χ4n) is 3.70. The summed E-state index contributed by atoms with van der Waals surface area (Å²) in [6.07, 6.45) is 1.80. The molecule has 0 saturated heterocycles. The second-order valence-corrected chi connectivity index (χ2v) is 6.66. The third-order valence-electron chi connectivity index (χ3n) is 5.02. The number of methoxy groups -OCH3 is 1. The van der Waals surface area contributed by atoms with Crippen LogP contribution in [0.25, 0.3) is 44.2 Å². The average molecular weight is 362 g/mol. The van der Waals surface area contributed by atoms with E-state index in [0.29, 0.717) is 0 Å². The molecule has 0 N–H and O–H groups in total. The Labute approximate surface area is 163 Å². The first kappa shape index (κ1) is 16.5. The van der Waals surface area contributed by atoms with E-state index in [-0.39, 0.29) is 0 Å². The molecule has 0 bridgehead atoms. The van der Waals surface area contributed by atoms with Gasteiger partial charge in [-0.25, -0.2) is 4.98 Å². The summed E-state index contributed by atoms with van der Waals surface area (Å²) in [4.78, 5) is 9.56. The zero-order valence-corrected chi connectivity index (χ0v) is 15.5. The predicted octanol–water partition coefficient (Wildman–Crippen LogP) is 6.13. The van der Waals surface area contributed by atoms with E-state index in [0.717, 1.165) is 49.9 Å². The minimum atomic E-state index is 0.814. The fourth-order valence-corrected chi connectivity index (χ4v) is 3.70. The molecule has 5 aromatic rings. The zero-order chi connectivity index (χ0) is 18.9. The topological polar surface area (TPSA) is 35.0 Å². The maximum atomic E-state index is 5.75. The molecule has 0 aliphatic heterocycles. The van der Waals surface area contributed by atoms with E-state index in [2.05, 4.69) is 59.6 Å². The van der Waals surface area contributed by atoms with Gasteiger partial charge in [-0.3, -0.25) is 4.98 Å². The van der Waals surface area contributed by atoms with Crippen molar-refractivity contribution >= 4 is 21.5 Å². The molecule has 3 aromatic carbocycles. The molecule has 0 saturated carbocycles. The van der Waals surface area contributed by atoms with Crippen LogP contribution in [-0.4, -0.2) is 17.1 Å². The Bertz CT molecular complexity index is 1300. The lowest BCUT2D eigenvalue weighted by Gasteiger charge is -2.15. The Morgan fingerprint density at radius 1 is 0.679 bits per heavy atom. The van der Waals surface area contributed by atoms with Crippen molar-refractivity contribution in [3.63, 3.8) is 0 Å². The first-order chi connectivity index (χ1) is 13.8. The number of ether oxygens (including phenoxy) is 1. The van der Waals surface area contributed by atoms with Crippen LogP contribution < -0.4 is 4.74 Å². The zero-order valence-electron chi connectivity index (χ0n) is 15.5. The lowest BCUT2D eigenvalue weighted by molar-refractivity contribution is 0.417. The van der Waals surface area contributed by atoms with E-state index in [9.17, 15) is 0 Å². The molecule has 3 nitrogen and oxygen atoms in total. The Hall–Kier alpha value is -3.72. The summed E-state index contributed by atoms with van der Waals surface area (Å²) in [6, 6.07) is 28.7. The standard InChI is InChI=1S/C25H18N2O/c1-28-23-14-13-17-8-2-4-10-19(17)24(23)25-20-11-5-3-9-18(20)16-22(27-25)21-12-6-7-15-26-21/h2-16H,1H3. The summed E-state index contributed by atoms with van der Waals surface area (Å²) in [5.74, 6) is 0.814. The van der Waals surface area contributed by atoms with E-state index in [1.54, 1.807) is 13.3 Å². The van der Waals surface area contributed by atoms with Crippen LogP contribution in [0.5, 0.6) is 5.75 Å².